The Kier molecular flexibility index (Phi) is 11.5. The number of rotatable bonds is 9. The van der Waals surface area contributed by atoms with Crippen LogP contribution in [0.1, 0.15) is 64.0 Å². The van der Waals surface area contributed by atoms with Gasteiger partial charge in [-0.25, -0.2) is 0 Å². The fraction of sp³-hybridized carbons (Fsp3) is 0.636. The van der Waals surface area contributed by atoms with Crippen molar-refractivity contribution in [2.45, 2.75) is 72.0 Å². The summed E-state index contributed by atoms with van der Waals surface area (Å²) in [7, 11) is 1.79. The molecule has 1 unspecified atom stereocenters. The molecule has 1 atom stereocenters. The number of benzene rings is 1. The van der Waals surface area contributed by atoms with Crippen LogP contribution >= 0.6 is 24.0 Å². The van der Waals surface area contributed by atoms with E-state index in [2.05, 4.69) is 48.5 Å². The first-order chi connectivity index (χ1) is 13.0. The van der Waals surface area contributed by atoms with E-state index in [9.17, 15) is 4.79 Å². The number of carbonyl (C=O) groups is 1. The predicted molar refractivity (Wildman–Crippen MR) is 128 cm³/mol. The Labute approximate surface area is 187 Å². The van der Waals surface area contributed by atoms with Crippen molar-refractivity contribution in [3.05, 3.63) is 35.4 Å². The van der Waals surface area contributed by atoms with E-state index in [1.54, 1.807) is 7.05 Å². The summed E-state index contributed by atoms with van der Waals surface area (Å²) < 4.78 is 0. The van der Waals surface area contributed by atoms with Crippen molar-refractivity contribution in [3.63, 3.8) is 0 Å². The Balaban J connectivity index is 0.00000392. The summed E-state index contributed by atoms with van der Waals surface area (Å²) >= 11 is 0. The van der Waals surface area contributed by atoms with Crippen LogP contribution in [0.25, 0.3) is 0 Å². The number of fused-ring (bicyclic) bond motifs is 1. The molecule has 28 heavy (non-hydrogen) atoms. The van der Waals surface area contributed by atoms with Crippen molar-refractivity contribution in [1.82, 2.24) is 15.5 Å². The van der Waals surface area contributed by atoms with Crippen molar-refractivity contribution < 1.29 is 4.79 Å². The van der Waals surface area contributed by atoms with Gasteiger partial charge in [0.05, 0.1) is 0 Å². The van der Waals surface area contributed by atoms with Crippen LogP contribution in [-0.4, -0.2) is 36.4 Å². The van der Waals surface area contributed by atoms with E-state index in [0.717, 1.165) is 44.4 Å². The first kappa shape index (κ1) is 24.7. The molecule has 0 bridgehead atoms. The summed E-state index contributed by atoms with van der Waals surface area (Å²) in [6.45, 7) is 8.98. The molecule has 0 aliphatic carbocycles. The molecular formula is C22H37IN4O. The highest BCUT2D eigenvalue weighted by Gasteiger charge is 2.22. The number of hydrogen-bond acceptors (Lipinski definition) is 2. The number of carbonyl (C=O) groups excluding carboxylic acids is 1. The maximum Gasteiger partial charge on any atom is 0.223 e. The topological polar surface area (TPSA) is 56.7 Å². The molecule has 2 rings (SSSR count). The molecule has 1 aliphatic heterocycles. The lowest BCUT2D eigenvalue weighted by Gasteiger charge is -2.19. The first-order valence-corrected chi connectivity index (χ1v) is 10.3. The van der Waals surface area contributed by atoms with E-state index in [1.165, 1.54) is 24.0 Å². The highest BCUT2D eigenvalue weighted by molar-refractivity contribution is 14.0. The molecule has 0 fully saturated rings. The van der Waals surface area contributed by atoms with E-state index in [4.69, 9.17) is 0 Å². The zero-order chi connectivity index (χ0) is 19.6. The summed E-state index contributed by atoms with van der Waals surface area (Å²) in [5.41, 5.74) is 2.56. The van der Waals surface area contributed by atoms with Crippen LogP contribution in [0, 0.1) is 5.92 Å². The highest BCUT2D eigenvalue weighted by Crippen LogP contribution is 2.22. The minimum Gasteiger partial charge on any atom is -0.356 e. The Bertz CT molecular complexity index is 608. The van der Waals surface area contributed by atoms with Crippen LogP contribution in [0.4, 0.5) is 0 Å². The van der Waals surface area contributed by atoms with Crippen molar-refractivity contribution >= 4 is 35.8 Å². The Morgan fingerprint density at radius 3 is 2.32 bits per heavy atom. The van der Waals surface area contributed by atoms with E-state index < -0.39 is 0 Å². The molecule has 0 saturated heterocycles. The smallest absolute Gasteiger partial charge is 0.223 e. The van der Waals surface area contributed by atoms with Crippen LogP contribution in [0.5, 0.6) is 0 Å². The zero-order valence-electron chi connectivity index (χ0n) is 17.8. The molecule has 1 aromatic rings. The Morgan fingerprint density at radius 1 is 1.11 bits per heavy atom. The Morgan fingerprint density at radius 2 is 1.75 bits per heavy atom. The van der Waals surface area contributed by atoms with Crippen LogP contribution in [0.3, 0.4) is 0 Å². The molecule has 2 N–H and O–H groups in total. The molecular weight excluding hydrogens is 463 g/mol. The van der Waals surface area contributed by atoms with Gasteiger partial charge in [-0.15, -0.1) is 24.0 Å². The maximum atomic E-state index is 12.4. The molecule has 1 heterocycles. The summed E-state index contributed by atoms with van der Waals surface area (Å²) in [5.74, 6) is 1.82. The summed E-state index contributed by atoms with van der Waals surface area (Å²) in [6.07, 6.45) is 5.03. The predicted octanol–water partition coefficient (Wildman–Crippen LogP) is 4.31. The SMILES string of the molecule is CN=C(NCCCC(=O)N1Cc2ccccc2C1)NC(C)CCCC(C)C.I. The molecule has 1 aliphatic rings. The standard InChI is InChI=1S/C22H36N4O.HI/c1-17(2)9-7-10-18(3)25-22(23-4)24-14-8-13-21(27)26-15-19-11-5-6-12-20(19)16-26;/h5-6,11-12,17-18H,7-10,13-16H2,1-4H3,(H2,23,24,25);1H. The number of guanidine groups is 1. The second-order valence-electron chi connectivity index (χ2n) is 7.99. The van der Waals surface area contributed by atoms with Gasteiger partial charge >= 0.3 is 0 Å². The number of aliphatic imine (C=N–C) groups is 1. The molecule has 158 valence electrons. The Hall–Kier alpha value is -1.31. The quantitative estimate of drug-likeness (QED) is 0.230. The number of amides is 1. The molecule has 0 saturated carbocycles. The lowest BCUT2D eigenvalue weighted by molar-refractivity contribution is -0.131. The third-order valence-electron chi connectivity index (χ3n) is 5.08. The van der Waals surface area contributed by atoms with Crippen LogP contribution in [0.2, 0.25) is 0 Å². The lowest BCUT2D eigenvalue weighted by atomic mass is 10.0. The van der Waals surface area contributed by atoms with E-state index in [-0.39, 0.29) is 29.9 Å². The maximum absolute atomic E-state index is 12.4. The van der Waals surface area contributed by atoms with Gasteiger partial charge in [0.1, 0.15) is 0 Å². The van der Waals surface area contributed by atoms with Crippen molar-refractivity contribution in [2.75, 3.05) is 13.6 Å². The number of halogens is 1. The molecule has 6 heteroatoms. The van der Waals surface area contributed by atoms with Gasteiger partial charge in [0, 0.05) is 39.1 Å². The molecule has 1 amide bonds. The van der Waals surface area contributed by atoms with Crippen molar-refractivity contribution in [3.8, 4) is 0 Å². The zero-order valence-corrected chi connectivity index (χ0v) is 20.2. The molecule has 0 aromatic heterocycles. The molecule has 0 radical (unpaired) electrons. The van der Waals surface area contributed by atoms with Gasteiger partial charge in [-0.05, 0) is 36.8 Å². The summed E-state index contributed by atoms with van der Waals surface area (Å²) in [6, 6.07) is 8.71. The van der Waals surface area contributed by atoms with E-state index in [1.807, 2.05) is 17.0 Å². The van der Waals surface area contributed by atoms with E-state index in [0.29, 0.717) is 12.5 Å². The molecule has 0 spiro atoms. The number of nitrogens with zero attached hydrogens (tertiary/aromatic N) is 2. The molecule has 1 aromatic carbocycles. The van der Waals surface area contributed by atoms with Gasteiger partial charge in [-0.1, -0.05) is 51.0 Å². The molecule has 5 nitrogen and oxygen atoms in total. The average Bonchev–Trinajstić information content (AvgIpc) is 3.08. The highest BCUT2D eigenvalue weighted by atomic mass is 127. The minimum atomic E-state index is 0. The third-order valence-corrected chi connectivity index (χ3v) is 5.08. The van der Waals surface area contributed by atoms with Gasteiger partial charge in [-0.2, -0.15) is 0 Å². The van der Waals surface area contributed by atoms with Gasteiger partial charge in [0.2, 0.25) is 5.91 Å². The van der Waals surface area contributed by atoms with Gasteiger partial charge in [0.15, 0.2) is 5.96 Å². The second-order valence-corrected chi connectivity index (χ2v) is 7.99. The van der Waals surface area contributed by atoms with Crippen LogP contribution < -0.4 is 10.6 Å². The number of nitrogens with one attached hydrogen (secondary N) is 2. The van der Waals surface area contributed by atoms with Gasteiger partial charge < -0.3 is 15.5 Å². The fourth-order valence-electron chi connectivity index (χ4n) is 3.45. The van der Waals surface area contributed by atoms with Crippen molar-refractivity contribution in [2.24, 2.45) is 10.9 Å². The van der Waals surface area contributed by atoms with Crippen molar-refractivity contribution in [1.29, 1.82) is 0 Å². The lowest BCUT2D eigenvalue weighted by Crippen LogP contribution is -2.42. The van der Waals surface area contributed by atoms with Crippen LogP contribution in [0.15, 0.2) is 29.3 Å². The third kappa shape index (κ3) is 8.37. The van der Waals surface area contributed by atoms with Gasteiger partial charge in [-0.3, -0.25) is 9.79 Å². The minimum absolute atomic E-state index is 0. The largest absolute Gasteiger partial charge is 0.356 e. The number of hydrogen-bond donors (Lipinski definition) is 2. The van der Waals surface area contributed by atoms with Crippen LogP contribution in [-0.2, 0) is 17.9 Å². The summed E-state index contributed by atoms with van der Waals surface area (Å²) in [4.78, 5) is 18.7. The fourth-order valence-corrected chi connectivity index (χ4v) is 3.45. The first-order valence-electron chi connectivity index (χ1n) is 10.3. The average molecular weight is 500 g/mol. The van der Waals surface area contributed by atoms with Gasteiger partial charge in [0.25, 0.3) is 0 Å². The summed E-state index contributed by atoms with van der Waals surface area (Å²) in [5, 5.41) is 6.77. The second kappa shape index (κ2) is 13.0. The van der Waals surface area contributed by atoms with E-state index >= 15 is 0 Å². The normalized spacial score (nSPS) is 14.5. The monoisotopic (exact) mass is 500 g/mol.